The summed E-state index contributed by atoms with van der Waals surface area (Å²) in [5, 5.41) is 0. The highest BCUT2D eigenvalue weighted by molar-refractivity contribution is 4.94. The fourth-order valence-corrected chi connectivity index (χ4v) is 1.03. The summed E-state index contributed by atoms with van der Waals surface area (Å²) >= 11 is 0. The SMILES string of the molecule is C=C(CCC)CCC(C)(C)C. The van der Waals surface area contributed by atoms with E-state index in [2.05, 4.69) is 34.3 Å². The molecule has 0 saturated heterocycles. The van der Waals surface area contributed by atoms with E-state index in [1.165, 1.54) is 31.3 Å². The zero-order valence-corrected chi connectivity index (χ0v) is 8.54. The van der Waals surface area contributed by atoms with E-state index in [9.17, 15) is 0 Å². The van der Waals surface area contributed by atoms with Crippen molar-refractivity contribution in [3.8, 4) is 0 Å². The third-order valence-corrected chi connectivity index (χ3v) is 1.83. The summed E-state index contributed by atoms with van der Waals surface area (Å²) in [6.07, 6.45) is 4.92. The van der Waals surface area contributed by atoms with E-state index in [4.69, 9.17) is 0 Å². The molecule has 66 valence electrons. The summed E-state index contributed by atoms with van der Waals surface area (Å²) < 4.78 is 0. The Morgan fingerprint density at radius 2 is 1.73 bits per heavy atom. The Balaban J connectivity index is 3.46. The van der Waals surface area contributed by atoms with Crippen LogP contribution in [-0.2, 0) is 0 Å². The molecule has 0 aliphatic rings. The molecule has 0 nitrogen and oxygen atoms in total. The van der Waals surface area contributed by atoms with E-state index in [1.807, 2.05) is 0 Å². The van der Waals surface area contributed by atoms with Gasteiger partial charge in [0.05, 0.1) is 0 Å². The first kappa shape index (κ1) is 10.7. The lowest BCUT2D eigenvalue weighted by Crippen LogP contribution is -2.04. The van der Waals surface area contributed by atoms with Crippen LogP contribution in [0.25, 0.3) is 0 Å². The molecule has 0 spiro atoms. The van der Waals surface area contributed by atoms with Gasteiger partial charge >= 0.3 is 0 Å². The lowest BCUT2D eigenvalue weighted by atomic mass is 9.88. The van der Waals surface area contributed by atoms with Crippen LogP contribution >= 0.6 is 0 Å². The molecular weight excluding hydrogens is 132 g/mol. The summed E-state index contributed by atoms with van der Waals surface area (Å²) in [7, 11) is 0. The molecule has 0 aromatic rings. The maximum atomic E-state index is 4.05. The molecule has 0 bridgehead atoms. The van der Waals surface area contributed by atoms with Crippen molar-refractivity contribution in [2.45, 2.75) is 53.4 Å². The Morgan fingerprint density at radius 1 is 1.18 bits per heavy atom. The Hall–Kier alpha value is -0.260. The van der Waals surface area contributed by atoms with Crippen LogP contribution in [0, 0.1) is 5.41 Å². The molecule has 11 heavy (non-hydrogen) atoms. The second-order valence-electron chi connectivity index (χ2n) is 4.56. The maximum absolute atomic E-state index is 4.05. The quantitative estimate of drug-likeness (QED) is 0.533. The minimum Gasteiger partial charge on any atom is -0.0999 e. The van der Waals surface area contributed by atoms with Crippen molar-refractivity contribution in [2.24, 2.45) is 5.41 Å². The van der Waals surface area contributed by atoms with Crippen molar-refractivity contribution in [2.75, 3.05) is 0 Å². The molecular formula is C11H22. The van der Waals surface area contributed by atoms with Crippen LogP contribution in [0.2, 0.25) is 0 Å². The predicted octanol–water partition coefficient (Wildman–Crippen LogP) is 4.17. The Kier molecular flexibility index (Phi) is 4.48. The van der Waals surface area contributed by atoms with Gasteiger partial charge in [0.1, 0.15) is 0 Å². The molecule has 0 saturated carbocycles. The average molecular weight is 154 g/mol. The monoisotopic (exact) mass is 154 g/mol. The lowest BCUT2D eigenvalue weighted by Gasteiger charge is -2.18. The van der Waals surface area contributed by atoms with E-state index >= 15 is 0 Å². The molecule has 0 aromatic heterocycles. The summed E-state index contributed by atoms with van der Waals surface area (Å²) in [5.41, 5.74) is 1.89. The molecule has 0 aliphatic carbocycles. The normalized spacial score (nSPS) is 11.6. The highest BCUT2D eigenvalue weighted by atomic mass is 14.1. The number of rotatable bonds is 4. The number of hydrogen-bond donors (Lipinski definition) is 0. The summed E-state index contributed by atoms with van der Waals surface area (Å²) in [4.78, 5) is 0. The molecule has 0 fully saturated rings. The van der Waals surface area contributed by atoms with Crippen LogP contribution < -0.4 is 0 Å². The third kappa shape index (κ3) is 7.64. The van der Waals surface area contributed by atoms with Crippen LogP contribution in [0.15, 0.2) is 12.2 Å². The minimum atomic E-state index is 0.469. The number of allylic oxidation sites excluding steroid dienone is 1. The molecule has 0 amide bonds. The second kappa shape index (κ2) is 4.58. The van der Waals surface area contributed by atoms with Crippen molar-refractivity contribution in [1.82, 2.24) is 0 Å². The standard InChI is InChI=1S/C11H22/c1-6-7-10(2)8-9-11(3,4)5/h2,6-9H2,1,3-5H3. The molecule has 0 aliphatic heterocycles. The topological polar surface area (TPSA) is 0 Å². The largest absolute Gasteiger partial charge is 0.0999 e. The van der Waals surface area contributed by atoms with Crippen LogP contribution in [0.3, 0.4) is 0 Å². The van der Waals surface area contributed by atoms with Gasteiger partial charge in [0.15, 0.2) is 0 Å². The highest BCUT2D eigenvalue weighted by Crippen LogP contribution is 2.24. The first-order valence-corrected chi connectivity index (χ1v) is 4.62. The van der Waals surface area contributed by atoms with E-state index in [-0.39, 0.29) is 0 Å². The maximum Gasteiger partial charge on any atom is -0.0318 e. The zero-order chi connectivity index (χ0) is 8.91. The summed E-state index contributed by atoms with van der Waals surface area (Å²) in [6, 6.07) is 0. The van der Waals surface area contributed by atoms with Gasteiger partial charge in [0.2, 0.25) is 0 Å². The van der Waals surface area contributed by atoms with Crippen LogP contribution in [-0.4, -0.2) is 0 Å². The molecule has 0 heterocycles. The van der Waals surface area contributed by atoms with Gasteiger partial charge in [-0.25, -0.2) is 0 Å². The smallest absolute Gasteiger partial charge is 0.0318 e. The molecule has 0 N–H and O–H groups in total. The van der Waals surface area contributed by atoms with Gasteiger partial charge in [0, 0.05) is 0 Å². The van der Waals surface area contributed by atoms with Crippen molar-refractivity contribution in [3.63, 3.8) is 0 Å². The van der Waals surface area contributed by atoms with Crippen LogP contribution in [0.5, 0.6) is 0 Å². The van der Waals surface area contributed by atoms with E-state index in [0.29, 0.717) is 5.41 Å². The third-order valence-electron chi connectivity index (χ3n) is 1.83. The van der Waals surface area contributed by atoms with E-state index in [1.54, 1.807) is 0 Å². The Bertz CT molecular complexity index is 114. The van der Waals surface area contributed by atoms with Crippen molar-refractivity contribution in [3.05, 3.63) is 12.2 Å². The average Bonchev–Trinajstić information content (AvgIpc) is 1.83. The van der Waals surface area contributed by atoms with E-state index < -0.39 is 0 Å². The summed E-state index contributed by atoms with van der Waals surface area (Å²) in [5.74, 6) is 0. The molecule has 0 aromatic carbocycles. The van der Waals surface area contributed by atoms with Gasteiger partial charge < -0.3 is 0 Å². The van der Waals surface area contributed by atoms with Gasteiger partial charge in [-0.15, -0.1) is 0 Å². The fraction of sp³-hybridized carbons (Fsp3) is 0.818. The van der Waals surface area contributed by atoms with Crippen molar-refractivity contribution in [1.29, 1.82) is 0 Å². The first-order chi connectivity index (χ1) is 4.95. The first-order valence-electron chi connectivity index (χ1n) is 4.62. The van der Waals surface area contributed by atoms with Gasteiger partial charge in [-0.05, 0) is 24.7 Å². The highest BCUT2D eigenvalue weighted by Gasteiger charge is 2.09. The van der Waals surface area contributed by atoms with Crippen LogP contribution in [0.1, 0.15) is 53.4 Å². The van der Waals surface area contributed by atoms with E-state index in [0.717, 1.165) is 0 Å². The minimum absolute atomic E-state index is 0.469. The van der Waals surface area contributed by atoms with Crippen molar-refractivity contribution < 1.29 is 0 Å². The Morgan fingerprint density at radius 3 is 2.09 bits per heavy atom. The molecule has 0 radical (unpaired) electrons. The zero-order valence-electron chi connectivity index (χ0n) is 8.54. The van der Waals surface area contributed by atoms with Crippen LogP contribution in [0.4, 0.5) is 0 Å². The van der Waals surface area contributed by atoms with Crippen molar-refractivity contribution >= 4 is 0 Å². The lowest BCUT2D eigenvalue weighted by molar-refractivity contribution is 0.376. The van der Waals surface area contributed by atoms with Gasteiger partial charge in [-0.1, -0.05) is 46.3 Å². The molecule has 0 heteroatoms. The second-order valence-corrected chi connectivity index (χ2v) is 4.56. The predicted molar refractivity (Wildman–Crippen MR) is 52.7 cm³/mol. The Labute approximate surface area is 71.7 Å². The molecule has 0 unspecified atom stereocenters. The number of hydrogen-bond acceptors (Lipinski definition) is 0. The summed E-state index contributed by atoms with van der Waals surface area (Å²) in [6.45, 7) is 13.1. The fourth-order valence-electron chi connectivity index (χ4n) is 1.03. The van der Waals surface area contributed by atoms with Gasteiger partial charge in [0.25, 0.3) is 0 Å². The molecule has 0 rings (SSSR count). The van der Waals surface area contributed by atoms with Gasteiger partial charge in [-0.2, -0.15) is 0 Å². The molecule has 0 atom stereocenters. The van der Waals surface area contributed by atoms with Gasteiger partial charge in [-0.3, -0.25) is 0 Å².